The maximum atomic E-state index is 11.5. The third kappa shape index (κ3) is 4.58. The minimum atomic E-state index is -0.724. The first kappa shape index (κ1) is 14.4. The molecule has 7 nitrogen and oxygen atoms in total. The first-order chi connectivity index (χ1) is 9.04. The molecule has 0 fully saturated rings. The Morgan fingerprint density at radius 1 is 1.32 bits per heavy atom. The first-order valence-corrected chi connectivity index (χ1v) is 5.25. The summed E-state index contributed by atoms with van der Waals surface area (Å²) < 4.78 is 9.38. The fourth-order valence-electron chi connectivity index (χ4n) is 1.17. The van der Waals surface area contributed by atoms with Crippen molar-refractivity contribution < 1.29 is 24.0 Å². The molecule has 0 spiro atoms. The van der Waals surface area contributed by atoms with Crippen molar-refractivity contribution in [3.8, 4) is 0 Å². The lowest BCUT2D eigenvalue weighted by Gasteiger charge is -2.04. The number of nitro benzene ring substituents is 1. The van der Waals surface area contributed by atoms with Crippen molar-refractivity contribution in [2.45, 2.75) is 0 Å². The van der Waals surface area contributed by atoms with Gasteiger partial charge in [-0.15, -0.1) is 0 Å². The Hall–Kier alpha value is -2.70. The van der Waals surface area contributed by atoms with Gasteiger partial charge in [-0.05, 0) is 6.07 Å². The summed E-state index contributed by atoms with van der Waals surface area (Å²) in [6.07, 6.45) is 0.988. The summed E-state index contributed by atoms with van der Waals surface area (Å²) in [4.78, 5) is 32.1. The molecule has 0 amide bonds. The smallest absolute Gasteiger partial charge is 0.338 e. The lowest BCUT2D eigenvalue weighted by atomic mass is 10.2. The van der Waals surface area contributed by atoms with Crippen molar-refractivity contribution in [3.05, 3.63) is 52.6 Å². The minimum Gasteiger partial charge on any atom is -0.459 e. The lowest BCUT2D eigenvalue weighted by molar-refractivity contribution is -0.384. The zero-order valence-corrected chi connectivity index (χ0v) is 9.90. The molecule has 0 aliphatic carbocycles. The van der Waals surface area contributed by atoms with Crippen LogP contribution in [0.2, 0.25) is 0 Å². The van der Waals surface area contributed by atoms with E-state index in [1.54, 1.807) is 0 Å². The molecule has 100 valence electrons. The number of carbonyl (C=O) groups excluding carboxylic acids is 2. The molecule has 0 saturated heterocycles. The van der Waals surface area contributed by atoms with Gasteiger partial charge in [0, 0.05) is 18.2 Å². The van der Waals surface area contributed by atoms with E-state index in [4.69, 9.17) is 4.74 Å². The van der Waals surface area contributed by atoms with Crippen LogP contribution in [0, 0.1) is 10.1 Å². The molecule has 19 heavy (non-hydrogen) atoms. The van der Waals surface area contributed by atoms with E-state index in [0.29, 0.717) is 0 Å². The van der Waals surface area contributed by atoms with Crippen LogP contribution in [0.5, 0.6) is 0 Å². The molecule has 0 heterocycles. The van der Waals surface area contributed by atoms with Crippen LogP contribution in [0.4, 0.5) is 5.69 Å². The summed E-state index contributed by atoms with van der Waals surface area (Å²) in [5.41, 5.74) is -0.142. The maximum absolute atomic E-state index is 11.5. The second-order valence-electron chi connectivity index (χ2n) is 3.31. The molecular weight excluding hydrogens is 254 g/mol. The molecule has 1 aromatic carbocycles. The summed E-state index contributed by atoms with van der Waals surface area (Å²) in [5.74, 6) is -1.34. The van der Waals surface area contributed by atoms with Crippen molar-refractivity contribution in [3.63, 3.8) is 0 Å². The van der Waals surface area contributed by atoms with E-state index < -0.39 is 16.9 Å². The minimum absolute atomic E-state index is 0.0595. The summed E-state index contributed by atoms with van der Waals surface area (Å²) in [7, 11) is 0. The summed E-state index contributed by atoms with van der Waals surface area (Å²) in [5, 5.41) is 10.5. The van der Waals surface area contributed by atoms with Crippen molar-refractivity contribution in [2.24, 2.45) is 0 Å². The highest BCUT2D eigenvalue weighted by atomic mass is 16.6. The average Bonchev–Trinajstić information content (AvgIpc) is 2.43. The number of hydrogen-bond donors (Lipinski definition) is 0. The number of ether oxygens (including phenoxy) is 2. The predicted octanol–water partition coefficient (Wildman–Crippen LogP) is 1.48. The molecule has 0 saturated carbocycles. The maximum Gasteiger partial charge on any atom is 0.338 e. The van der Waals surface area contributed by atoms with Gasteiger partial charge >= 0.3 is 11.9 Å². The Bertz CT molecular complexity index is 511. The zero-order valence-electron chi connectivity index (χ0n) is 9.90. The molecule has 0 bridgehead atoms. The number of hydrogen-bond acceptors (Lipinski definition) is 6. The molecule has 0 aromatic heterocycles. The Balaban J connectivity index is 2.49. The van der Waals surface area contributed by atoms with E-state index in [-0.39, 0.29) is 24.5 Å². The normalized spacial score (nSPS) is 9.47. The molecule has 0 unspecified atom stereocenters. The number of benzene rings is 1. The van der Waals surface area contributed by atoms with Gasteiger partial charge < -0.3 is 9.47 Å². The van der Waals surface area contributed by atoms with E-state index in [1.807, 2.05) is 0 Å². The van der Waals surface area contributed by atoms with Crippen molar-refractivity contribution in [1.29, 1.82) is 0 Å². The van der Waals surface area contributed by atoms with Crippen LogP contribution >= 0.6 is 0 Å². The standard InChI is InChI=1S/C12H11NO6/c1-2-11(14)18-6-7-19-12(15)9-4-3-5-10(8-9)13(16)17/h2-5,8H,1,6-7H2. The monoisotopic (exact) mass is 265 g/mol. The molecule has 1 rings (SSSR count). The van der Waals surface area contributed by atoms with E-state index in [0.717, 1.165) is 12.1 Å². The van der Waals surface area contributed by atoms with Crippen LogP contribution in [0.3, 0.4) is 0 Å². The Morgan fingerprint density at radius 3 is 2.63 bits per heavy atom. The van der Waals surface area contributed by atoms with Gasteiger partial charge in [-0.2, -0.15) is 0 Å². The van der Waals surface area contributed by atoms with Crippen LogP contribution in [-0.2, 0) is 14.3 Å². The average molecular weight is 265 g/mol. The van der Waals surface area contributed by atoms with Crippen LogP contribution in [0.15, 0.2) is 36.9 Å². The number of non-ortho nitro benzene ring substituents is 1. The van der Waals surface area contributed by atoms with Gasteiger partial charge in [0.1, 0.15) is 13.2 Å². The van der Waals surface area contributed by atoms with E-state index >= 15 is 0 Å². The highest BCUT2D eigenvalue weighted by Gasteiger charge is 2.12. The number of rotatable bonds is 6. The summed E-state index contributed by atoms with van der Waals surface area (Å²) in [6, 6.07) is 5.15. The summed E-state index contributed by atoms with van der Waals surface area (Å²) >= 11 is 0. The van der Waals surface area contributed by atoms with Gasteiger partial charge in [-0.1, -0.05) is 12.6 Å². The van der Waals surface area contributed by atoms with Crippen LogP contribution in [0.25, 0.3) is 0 Å². The van der Waals surface area contributed by atoms with Gasteiger partial charge in [0.05, 0.1) is 10.5 Å². The van der Waals surface area contributed by atoms with Crippen LogP contribution in [-0.4, -0.2) is 30.1 Å². The highest BCUT2D eigenvalue weighted by molar-refractivity contribution is 5.90. The van der Waals surface area contributed by atoms with Gasteiger partial charge in [-0.25, -0.2) is 9.59 Å². The molecule has 0 aliphatic heterocycles. The number of esters is 2. The van der Waals surface area contributed by atoms with Crippen molar-refractivity contribution in [2.75, 3.05) is 13.2 Å². The van der Waals surface area contributed by atoms with Crippen LogP contribution in [0.1, 0.15) is 10.4 Å². The Labute approximate surface area is 108 Å². The van der Waals surface area contributed by atoms with Crippen molar-refractivity contribution >= 4 is 17.6 Å². The number of nitro groups is 1. The topological polar surface area (TPSA) is 95.7 Å². The quantitative estimate of drug-likeness (QED) is 0.254. The van der Waals surface area contributed by atoms with E-state index in [9.17, 15) is 19.7 Å². The second kappa shape index (κ2) is 6.90. The molecule has 7 heteroatoms. The largest absolute Gasteiger partial charge is 0.459 e. The predicted molar refractivity (Wildman–Crippen MR) is 64.5 cm³/mol. The SMILES string of the molecule is C=CC(=O)OCCOC(=O)c1cccc([N+](=O)[O-])c1. The highest BCUT2D eigenvalue weighted by Crippen LogP contribution is 2.13. The number of nitrogens with zero attached hydrogens (tertiary/aromatic N) is 1. The molecule has 0 radical (unpaired) electrons. The molecule has 0 atom stereocenters. The molecule has 0 aliphatic rings. The summed E-state index contributed by atoms with van der Waals surface area (Å²) in [6.45, 7) is 2.96. The van der Waals surface area contributed by atoms with Crippen LogP contribution < -0.4 is 0 Å². The Morgan fingerprint density at radius 2 is 2.00 bits per heavy atom. The fourth-order valence-corrected chi connectivity index (χ4v) is 1.17. The van der Waals surface area contributed by atoms with Gasteiger partial charge in [0.25, 0.3) is 5.69 Å². The fraction of sp³-hybridized carbons (Fsp3) is 0.167. The molecular formula is C12H11NO6. The van der Waals surface area contributed by atoms with Gasteiger partial charge in [0.2, 0.25) is 0 Å². The second-order valence-corrected chi connectivity index (χ2v) is 3.31. The zero-order chi connectivity index (χ0) is 14.3. The molecule has 0 N–H and O–H groups in total. The van der Waals surface area contributed by atoms with Crippen molar-refractivity contribution in [1.82, 2.24) is 0 Å². The van der Waals surface area contributed by atoms with Gasteiger partial charge in [-0.3, -0.25) is 10.1 Å². The first-order valence-electron chi connectivity index (χ1n) is 5.25. The van der Waals surface area contributed by atoms with E-state index in [1.165, 1.54) is 18.2 Å². The third-order valence-electron chi connectivity index (χ3n) is 2.02. The van der Waals surface area contributed by atoms with Gasteiger partial charge in [0.15, 0.2) is 0 Å². The molecule has 1 aromatic rings. The van der Waals surface area contributed by atoms with E-state index in [2.05, 4.69) is 11.3 Å². The third-order valence-corrected chi connectivity index (χ3v) is 2.02. The Kier molecular flexibility index (Phi) is 5.21. The number of carbonyl (C=O) groups is 2. The lowest BCUT2D eigenvalue weighted by Crippen LogP contribution is -2.13.